The summed E-state index contributed by atoms with van der Waals surface area (Å²) in [6.45, 7) is 6.96. The molecule has 0 spiro atoms. The summed E-state index contributed by atoms with van der Waals surface area (Å²) in [5.41, 5.74) is 2.81. The zero-order valence-electron chi connectivity index (χ0n) is 15.7. The number of thiazole rings is 1. The second-order valence-corrected chi connectivity index (χ2v) is 7.82. The molecule has 1 atom stereocenters. The largest absolute Gasteiger partial charge is 0.440 e. The Morgan fingerprint density at radius 3 is 3.00 bits per heavy atom. The van der Waals surface area contributed by atoms with Crippen molar-refractivity contribution in [3.63, 3.8) is 0 Å². The van der Waals surface area contributed by atoms with Gasteiger partial charge in [0.05, 0.1) is 5.69 Å². The second-order valence-electron chi connectivity index (χ2n) is 6.98. The van der Waals surface area contributed by atoms with Gasteiger partial charge in [-0.05, 0) is 38.4 Å². The fourth-order valence-corrected chi connectivity index (χ4v) is 4.60. The number of carbonyl (C=O) groups is 1. The Labute approximate surface area is 162 Å². The predicted molar refractivity (Wildman–Crippen MR) is 107 cm³/mol. The summed E-state index contributed by atoms with van der Waals surface area (Å²) in [6.07, 6.45) is 2.22. The average molecular weight is 385 g/mol. The van der Waals surface area contributed by atoms with Crippen molar-refractivity contribution < 1.29 is 9.21 Å². The number of carbonyl (C=O) groups excluding carboxylic acids is 1. The van der Waals surface area contributed by atoms with Crippen molar-refractivity contribution in [3.8, 4) is 0 Å². The van der Waals surface area contributed by atoms with Crippen molar-refractivity contribution in [2.75, 3.05) is 24.5 Å². The molecule has 0 bridgehead atoms. The van der Waals surface area contributed by atoms with E-state index >= 15 is 0 Å². The van der Waals surface area contributed by atoms with Crippen LogP contribution >= 0.6 is 11.3 Å². The van der Waals surface area contributed by atoms with Crippen LogP contribution in [0.25, 0.3) is 11.1 Å². The molecule has 1 aromatic carbocycles. The first-order valence-corrected chi connectivity index (χ1v) is 10.3. The number of hydrogen-bond donors (Lipinski definition) is 0. The number of aromatic nitrogens is 2. The average Bonchev–Trinajstić information content (AvgIpc) is 3.29. The smallest absolute Gasteiger partial charge is 0.225 e. The maximum Gasteiger partial charge on any atom is 0.225 e. The molecule has 6 nitrogen and oxygen atoms in total. The van der Waals surface area contributed by atoms with E-state index in [0.717, 1.165) is 60.3 Å². The van der Waals surface area contributed by atoms with Crippen molar-refractivity contribution >= 4 is 33.5 Å². The van der Waals surface area contributed by atoms with Crippen LogP contribution < -0.4 is 4.90 Å². The van der Waals surface area contributed by atoms with Crippen LogP contribution in [0.15, 0.2) is 34.1 Å². The van der Waals surface area contributed by atoms with Crippen LogP contribution in [0.4, 0.5) is 5.13 Å². The Bertz CT molecular complexity index is 902. The maximum atomic E-state index is 11.7. The minimum Gasteiger partial charge on any atom is -0.440 e. The molecule has 3 heterocycles. The van der Waals surface area contributed by atoms with E-state index in [-0.39, 0.29) is 5.91 Å². The molecule has 4 rings (SSSR count). The van der Waals surface area contributed by atoms with E-state index in [1.54, 1.807) is 11.8 Å². The summed E-state index contributed by atoms with van der Waals surface area (Å²) in [5, 5.41) is 2.84. The molecule has 1 fully saturated rings. The number of fused-ring (bicyclic) bond motifs is 1. The first-order chi connectivity index (χ1) is 13.1. The van der Waals surface area contributed by atoms with Crippen LogP contribution in [0.5, 0.6) is 0 Å². The number of likely N-dealkylation sites (tertiary alicyclic amines) is 1. The molecule has 0 saturated carbocycles. The number of anilines is 1. The lowest BCUT2D eigenvalue weighted by Crippen LogP contribution is -2.34. The number of rotatable bonds is 5. The summed E-state index contributed by atoms with van der Waals surface area (Å²) in [4.78, 5) is 25.2. The van der Waals surface area contributed by atoms with E-state index in [4.69, 9.17) is 4.42 Å². The molecule has 0 N–H and O–H groups in total. The number of nitrogens with zero attached hydrogens (tertiary/aromatic N) is 4. The summed E-state index contributed by atoms with van der Waals surface area (Å²) >= 11 is 1.54. The Morgan fingerprint density at radius 1 is 1.37 bits per heavy atom. The zero-order valence-corrected chi connectivity index (χ0v) is 16.5. The first-order valence-electron chi connectivity index (χ1n) is 9.44. The van der Waals surface area contributed by atoms with E-state index in [0.29, 0.717) is 12.5 Å². The van der Waals surface area contributed by atoms with Gasteiger partial charge in [0.25, 0.3) is 0 Å². The number of benzene rings is 1. The lowest BCUT2D eigenvalue weighted by atomic mass is 9.98. The standard InChI is InChI=1S/C20H24N4O2S/c1-3-24(14(2)25)20-21-16(13-27-20)12-23-10-6-7-15(11-23)19-22-17-8-4-5-9-18(17)26-19/h4-5,8-9,13,15H,3,6-7,10-12H2,1-2H3. The summed E-state index contributed by atoms with van der Waals surface area (Å²) in [6, 6.07) is 7.93. The van der Waals surface area contributed by atoms with Crippen LogP contribution in [-0.4, -0.2) is 40.4 Å². The van der Waals surface area contributed by atoms with Crippen molar-refractivity contribution in [1.82, 2.24) is 14.9 Å². The monoisotopic (exact) mass is 384 g/mol. The second kappa shape index (κ2) is 7.78. The van der Waals surface area contributed by atoms with Gasteiger partial charge in [0.2, 0.25) is 5.91 Å². The van der Waals surface area contributed by atoms with E-state index in [2.05, 4.69) is 20.2 Å². The highest BCUT2D eigenvalue weighted by Crippen LogP contribution is 2.30. The maximum absolute atomic E-state index is 11.7. The third-order valence-corrected chi connectivity index (χ3v) is 5.93. The van der Waals surface area contributed by atoms with E-state index in [9.17, 15) is 4.79 Å². The highest BCUT2D eigenvalue weighted by atomic mass is 32.1. The van der Waals surface area contributed by atoms with Gasteiger partial charge in [-0.1, -0.05) is 12.1 Å². The lowest BCUT2D eigenvalue weighted by molar-refractivity contribution is -0.116. The third kappa shape index (κ3) is 3.89. The quantitative estimate of drug-likeness (QED) is 0.664. The minimum absolute atomic E-state index is 0.0346. The van der Waals surface area contributed by atoms with Gasteiger partial charge in [-0.25, -0.2) is 9.97 Å². The van der Waals surface area contributed by atoms with Gasteiger partial charge < -0.3 is 4.42 Å². The molecular weight excluding hydrogens is 360 g/mol. The number of para-hydroxylation sites is 2. The van der Waals surface area contributed by atoms with E-state index < -0.39 is 0 Å². The van der Waals surface area contributed by atoms with Gasteiger partial charge in [0.1, 0.15) is 5.52 Å². The van der Waals surface area contributed by atoms with E-state index in [1.807, 2.05) is 31.2 Å². The van der Waals surface area contributed by atoms with Gasteiger partial charge in [-0.2, -0.15) is 0 Å². The lowest BCUT2D eigenvalue weighted by Gasteiger charge is -2.30. The fourth-order valence-electron chi connectivity index (χ4n) is 3.68. The first kappa shape index (κ1) is 18.1. The molecule has 1 aliphatic rings. The van der Waals surface area contributed by atoms with Gasteiger partial charge in [-0.3, -0.25) is 14.6 Å². The van der Waals surface area contributed by atoms with E-state index in [1.165, 1.54) is 11.3 Å². The molecule has 2 aromatic heterocycles. The number of amides is 1. The van der Waals surface area contributed by atoms with Crippen molar-refractivity contribution in [1.29, 1.82) is 0 Å². The normalized spacial score (nSPS) is 18.1. The Kier molecular flexibility index (Phi) is 5.22. The molecule has 1 unspecified atom stereocenters. The molecule has 3 aromatic rings. The topological polar surface area (TPSA) is 62.5 Å². The Balaban J connectivity index is 1.44. The van der Waals surface area contributed by atoms with Crippen LogP contribution in [0.2, 0.25) is 0 Å². The molecule has 1 saturated heterocycles. The van der Waals surface area contributed by atoms with Crippen molar-refractivity contribution in [2.45, 2.75) is 39.2 Å². The van der Waals surface area contributed by atoms with Crippen molar-refractivity contribution in [3.05, 3.63) is 41.2 Å². The third-order valence-electron chi connectivity index (χ3n) is 5.02. The Hall–Kier alpha value is -2.25. The summed E-state index contributed by atoms with van der Waals surface area (Å²) < 4.78 is 5.99. The Morgan fingerprint density at radius 2 is 2.22 bits per heavy atom. The van der Waals surface area contributed by atoms with Crippen LogP contribution in [0.1, 0.15) is 44.2 Å². The van der Waals surface area contributed by atoms with Crippen LogP contribution in [-0.2, 0) is 11.3 Å². The molecular formula is C20H24N4O2S. The molecule has 7 heteroatoms. The SMILES string of the molecule is CCN(C(C)=O)c1nc(CN2CCCC(c3nc4ccccc4o3)C2)cs1. The van der Waals surface area contributed by atoms with Gasteiger partial charge >= 0.3 is 0 Å². The van der Waals surface area contributed by atoms with Gasteiger partial charge in [-0.15, -0.1) is 11.3 Å². The summed E-state index contributed by atoms with van der Waals surface area (Å²) in [5.74, 6) is 1.19. The molecule has 1 amide bonds. The minimum atomic E-state index is 0.0346. The number of hydrogen-bond acceptors (Lipinski definition) is 6. The molecule has 27 heavy (non-hydrogen) atoms. The highest BCUT2D eigenvalue weighted by molar-refractivity contribution is 7.14. The van der Waals surface area contributed by atoms with Gasteiger partial charge in [0, 0.05) is 37.9 Å². The fraction of sp³-hybridized carbons (Fsp3) is 0.450. The molecule has 1 aliphatic heterocycles. The predicted octanol–water partition coefficient (Wildman–Crippen LogP) is 4.04. The summed E-state index contributed by atoms with van der Waals surface area (Å²) in [7, 11) is 0. The highest BCUT2D eigenvalue weighted by Gasteiger charge is 2.26. The molecule has 142 valence electrons. The van der Waals surface area contributed by atoms with Gasteiger partial charge in [0.15, 0.2) is 16.6 Å². The van der Waals surface area contributed by atoms with Crippen LogP contribution in [0.3, 0.4) is 0 Å². The zero-order chi connectivity index (χ0) is 18.8. The van der Waals surface area contributed by atoms with Crippen molar-refractivity contribution in [2.24, 2.45) is 0 Å². The molecule has 0 aliphatic carbocycles. The number of piperidine rings is 1. The molecule has 0 radical (unpaired) electrons. The van der Waals surface area contributed by atoms with Crippen LogP contribution in [0, 0.1) is 0 Å². The number of oxazole rings is 1.